The number of ether oxygens (including phenoxy) is 3. The van der Waals surface area contributed by atoms with Crippen molar-refractivity contribution in [1.82, 2.24) is 0 Å². The molecule has 150 valence electrons. The zero-order valence-electron chi connectivity index (χ0n) is 15.9. The molecule has 0 heterocycles. The number of carbonyl (C=O) groups excluding carboxylic acids is 1. The van der Waals surface area contributed by atoms with Crippen LogP contribution in [0.1, 0.15) is 5.56 Å². The molecule has 28 heavy (non-hydrogen) atoms. The average Bonchev–Trinajstić information content (AvgIpc) is 2.71. The third-order valence-corrected chi connectivity index (χ3v) is 5.89. The predicted molar refractivity (Wildman–Crippen MR) is 110 cm³/mol. The lowest BCUT2D eigenvalue weighted by atomic mass is 10.2. The standard InChI is InChI=1S/C19H21NO6S2/c1-24-15-11-13(9-10-18(21)25-2)12-17(19(15)26-3)28(22,23)20-14-7-5-6-8-16(14)27-4/h5-12,20H,1-4H3/b10-9+. The van der Waals surface area contributed by atoms with Crippen LogP contribution in [0.25, 0.3) is 6.08 Å². The number of carbonyl (C=O) groups is 1. The molecule has 0 spiro atoms. The van der Waals surface area contributed by atoms with E-state index in [-0.39, 0.29) is 16.4 Å². The normalized spacial score (nSPS) is 11.3. The topological polar surface area (TPSA) is 90.9 Å². The highest BCUT2D eigenvalue weighted by Crippen LogP contribution is 2.37. The van der Waals surface area contributed by atoms with Gasteiger partial charge in [-0.3, -0.25) is 4.72 Å². The zero-order valence-corrected chi connectivity index (χ0v) is 17.5. The molecule has 0 saturated heterocycles. The molecule has 0 amide bonds. The van der Waals surface area contributed by atoms with Gasteiger partial charge in [-0.05, 0) is 42.2 Å². The first-order valence-electron chi connectivity index (χ1n) is 8.04. The molecule has 0 bridgehead atoms. The first-order valence-corrected chi connectivity index (χ1v) is 10.7. The van der Waals surface area contributed by atoms with Crippen molar-refractivity contribution in [3.8, 4) is 11.5 Å². The van der Waals surface area contributed by atoms with Crippen molar-refractivity contribution in [2.45, 2.75) is 9.79 Å². The van der Waals surface area contributed by atoms with Gasteiger partial charge in [0.2, 0.25) is 0 Å². The molecule has 0 aliphatic carbocycles. The minimum absolute atomic E-state index is 0.0619. The Labute approximate surface area is 168 Å². The summed E-state index contributed by atoms with van der Waals surface area (Å²) in [5.74, 6) is -0.286. The average molecular weight is 424 g/mol. The molecule has 0 fully saturated rings. The van der Waals surface area contributed by atoms with E-state index in [2.05, 4.69) is 9.46 Å². The number of hydrogen-bond donors (Lipinski definition) is 1. The van der Waals surface area contributed by atoms with E-state index < -0.39 is 16.0 Å². The van der Waals surface area contributed by atoms with E-state index in [4.69, 9.17) is 9.47 Å². The Balaban J connectivity index is 2.57. The Hall–Kier alpha value is -2.65. The van der Waals surface area contributed by atoms with Crippen LogP contribution in [0.3, 0.4) is 0 Å². The summed E-state index contributed by atoms with van der Waals surface area (Å²) < 4.78 is 43.9. The SMILES string of the molecule is COC(=O)/C=C/c1cc(OC)c(OC)c(S(=O)(=O)Nc2ccccc2SC)c1. The van der Waals surface area contributed by atoms with Gasteiger partial charge in [0, 0.05) is 11.0 Å². The summed E-state index contributed by atoms with van der Waals surface area (Å²) in [4.78, 5) is 12.0. The second kappa shape index (κ2) is 9.52. The van der Waals surface area contributed by atoms with Gasteiger partial charge in [-0.25, -0.2) is 13.2 Å². The van der Waals surface area contributed by atoms with Gasteiger partial charge in [0.25, 0.3) is 10.0 Å². The largest absolute Gasteiger partial charge is 0.493 e. The van der Waals surface area contributed by atoms with Crippen LogP contribution in [0.15, 0.2) is 52.3 Å². The minimum atomic E-state index is -4.01. The first-order chi connectivity index (χ1) is 13.4. The van der Waals surface area contributed by atoms with E-state index in [0.29, 0.717) is 11.3 Å². The monoisotopic (exact) mass is 423 g/mol. The van der Waals surface area contributed by atoms with Crippen LogP contribution in [0.4, 0.5) is 5.69 Å². The summed E-state index contributed by atoms with van der Waals surface area (Å²) >= 11 is 1.42. The van der Waals surface area contributed by atoms with Crippen LogP contribution >= 0.6 is 11.8 Å². The lowest BCUT2D eigenvalue weighted by Crippen LogP contribution is -2.15. The lowest BCUT2D eigenvalue weighted by molar-refractivity contribution is -0.134. The fourth-order valence-corrected chi connectivity index (χ4v) is 4.32. The van der Waals surface area contributed by atoms with Crippen LogP contribution in [0.2, 0.25) is 0 Å². The molecule has 0 aliphatic rings. The Bertz CT molecular complexity index is 986. The number of nitrogens with one attached hydrogen (secondary N) is 1. The maximum Gasteiger partial charge on any atom is 0.330 e. The molecular weight excluding hydrogens is 402 g/mol. The molecule has 9 heteroatoms. The van der Waals surface area contributed by atoms with Crippen molar-refractivity contribution < 1.29 is 27.4 Å². The van der Waals surface area contributed by atoms with Gasteiger partial charge < -0.3 is 14.2 Å². The van der Waals surface area contributed by atoms with Crippen LogP contribution in [0, 0.1) is 0 Å². The zero-order chi connectivity index (χ0) is 20.7. The number of para-hydroxylation sites is 1. The maximum atomic E-state index is 13.1. The molecular formula is C19H21NO6S2. The number of sulfonamides is 1. The summed E-state index contributed by atoms with van der Waals surface area (Å²) in [7, 11) is 0.00705. The van der Waals surface area contributed by atoms with Gasteiger partial charge in [0.1, 0.15) is 4.90 Å². The van der Waals surface area contributed by atoms with Gasteiger partial charge in [-0.2, -0.15) is 0 Å². The Morgan fingerprint density at radius 3 is 2.43 bits per heavy atom. The number of hydrogen-bond acceptors (Lipinski definition) is 7. The Kier molecular flexibility index (Phi) is 7.36. The third kappa shape index (κ3) is 4.99. The quantitative estimate of drug-likeness (QED) is 0.395. The highest BCUT2D eigenvalue weighted by Gasteiger charge is 2.24. The van der Waals surface area contributed by atoms with Crippen LogP contribution < -0.4 is 14.2 Å². The van der Waals surface area contributed by atoms with E-state index in [1.165, 1.54) is 51.3 Å². The summed E-state index contributed by atoms with van der Waals surface area (Å²) in [6.07, 6.45) is 4.48. The number of benzene rings is 2. The number of rotatable bonds is 8. The molecule has 7 nitrogen and oxygen atoms in total. The number of thioether (sulfide) groups is 1. The van der Waals surface area contributed by atoms with Gasteiger partial charge >= 0.3 is 5.97 Å². The summed E-state index contributed by atoms with van der Waals surface area (Å²) in [5.41, 5.74) is 0.883. The van der Waals surface area contributed by atoms with E-state index in [9.17, 15) is 13.2 Å². The van der Waals surface area contributed by atoms with Crippen molar-refractivity contribution in [2.24, 2.45) is 0 Å². The van der Waals surface area contributed by atoms with Crippen LogP contribution in [-0.4, -0.2) is 42.0 Å². The van der Waals surface area contributed by atoms with E-state index in [1.54, 1.807) is 18.2 Å². The second-order valence-corrected chi connectivity index (χ2v) is 7.92. The fraction of sp³-hybridized carbons (Fsp3) is 0.211. The summed E-state index contributed by atoms with van der Waals surface area (Å²) in [6.45, 7) is 0. The molecule has 0 atom stereocenters. The number of anilines is 1. The maximum absolute atomic E-state index is 13.1. The molecule has 2 aromatic carbocycles. The smallest absolute Gasteiger partial charge is 0.330 e. The Morgan fingerprint density at radius 1 is 1.11 bits per heavy atom. The third-order valence-electron chi connectivity index (χ3n) is 3.72. The van der Waals surface area contributed by atoms with E-state index in [0.717, 1.165) is 4.90 Å². The van der Waals surface area contributed by atoms with Crippen molar-refractivity contribution in [3.63, 3.8) is 0 Å². The highest BCUT2D eigenvalue weighted by atomic mass is 32.2. The van der Waals surface area contributed by atoms with Gasteiger partial charge in [-0.1, -0.05) is 12.1 Å². The molecule has 0 aliphatic heterocycles. The molecule has 2 rings (SSSR count). The first kappa shape index (κ1) is 21.6. The van der Waals surface area contributed by atoms with Gasteiger partial charge in [0.15, 0.2) is 11.5 Å². The summed E-state index contributed by atoms with van der Waals surface area (Å²) in [5, 5.41) is 0. The van der Waals surface area contributed by atoms with Crippen LogP contribution in [0.5, 0.6) is 11.5 Å². The van der Waals surface area contributed by atoms with E-state index >= 15 is 0 Å². The molecule has 0 saturated carbocycles. The van der Waals surface area contributed by atoms with Crippen molar-refractivity contribution in [3.05, 3.63) is 48.0 Å². The number of esters is 1. The van der Waals surface area contributed by atoms with Crippen molar-refractivity contribution in [1.29, 1.82) is 0 Å². The van der Waals surface area contributed by atoms with Gasteiger partial charge in [-0.15, -0.1) is 11.8 Å². The summed E-state index contributed by atoms with van der Waals surface area (Å²) in [6, 6.07) is 10.0. The molecule has 1 N–H and O–H groups in total. The van der Waals surface area contributed by atoms with Crippen molar-refractivity contribution in [2.75, 3.05) is 32.3 Å². The number of methoxy groups -OCH3 is 3. The van der Waals surface area contributed by atoms with Crippen LogP contribution in [-0.2, 0) is 19.6 Å². The Morgan fingerprint density at radius 2 is 1.82 bits per heavy atom. The van der Waals surface area contributed by atoms with Gasteiger partial charge in [0.05, 0.1) is 27.0 Å². The molecule has 0 unspecified atom stereocenters. The fourth-order valence-electron chi connectivity index (χ4n) is 2.41. The second-order valence-electron chi connectivity index (χ2n) is 5.42. The molecule has 0 radical (unpaired) electrons. The molecule has 2 aromatic rings. The molecule has 0 aromatic heterocycles. The van der Waals surface area contributed by atoms with E-state index in [1.807, 2.05) is 18.4 Å². The lowest BCUT2D eigenvalue weighted by Gasteiger charge is -2.16. The highest BCUT2D eigenvalue weighted by molar-refractivity contribution is 7.99. The predicted octanol–water partition coefficient (Wildman–Crippen LogP) is 3.41. The minimum Gasteiger partial charge on any atom is -0.493 e. The van der Waals surface area contributed by atoms with Crippen molar-refractivity contribution >= 4 is 39.5 Å².